The molecule has 5 aromatic rings. The lowest BCUT2D eigenvalue weighted by atomic mass is 9.96. The first-order valence-electron chi connectivity index (χ1n) is 15.8. The van der Waals surface area contributed by atoms with Crippen LogP contribution >= 0.6 is 0 Å². The monoisotopic (exact) mass is 648 g/mol. The van der Waals surface area contributed by atoms with Crippen LogP contribution in [0, 0.1) is 11.7 Å². The van der Waals surface area contributed by atoms with Crippen molar-refractivity contribution in [1.29, 1.82) is 0 Å². The molecule has 1 amide bonds. The average molecular weight is 649 g/mol. The zero-order valence-corrected chi connectivity index (χ0v) is 26.4. The normalized spacial score (nSPS) is 18.1. The number of carbonyl (C=O) groups excluding carboxylic acids is 2. The van der Waals surface area contributed by atoms with Crippen molar-refractivity contribution in [2.24, 2.45) is 11.1 Å². The molecule has 0 bridgehead atoms. The van der Waals surface area contributed by atoms with Crippen molar-refractivity contribution in [2.75, 3.05) is 11.4 Å². The van der Waals surface area contributed by atoms with E-state index in [1.165, 1.54) is 11.0 Å². The predicted molar refractivity (Wildman–Crippen MR) is 176 cm³/mol. The van der Waals surface area contributed by atoms with Crippen molar-refractivity contribution < 1.29 is 28.3 Å². The molecule has 4 heterocycles. The molecule has 11 nitrogen and oxygen atoms in total. The highest BCUT2D eigenvalue weighted by molar-refractivity contribution is 6.00. The van der Waals surface area contributed by atoms with Crippen LogP contribution in [0.25, 0.3) is 21.9 Å². The van der Waals surface area contributed by atoms with Crippen molar-refractivity contribution in [2.45, 2.75) is 51.5 Å². The summed E-state index contributed by atoms with van der Waals surface area (Å²) in [5, 5.41) is 14.0. The van der Waals surface area contributed by atoms with E-state index in [2.05, 4.69) is 20.5 Å². The summed E-state index contributed by atoms with van der Waals surface area (Å²) >= 11 is 0. The topological polar surface area (TPSA) is 121 Å². The van der Waals surface area contributed by atoms with Gasteiger partial charge in [-0.1, -0.05) is 72.7 Å². The molecule has 12 heteroatoms. The number of benzene rings is 3. The highest BCUT2D eigenvalue weighted by Gasteiger charge is 2.36. The highest BCUT2D eigenvalue weighted by Crippen LogP contribution is 2.30. The van der Waals surface area contributed by atoms with Gasteiger partial charge in [-0.3, -0.25) is 14.7 Å². The van der Waals surface area contributed by atoms with Gasteiger partial charge in [0.1, 0.15) is 23.7 Å². The van der Waals surface area contributed by atoms with Gasteiger partial charge in [0, 0.05) is 29.9 Å². The number of oxime groups is 1. The molecule has 2 aromatic heterocycles. The number of fused-ring (bicyclic) bond motifs is 1. The van der Waals surface area contributed by atoms with Gasteiger partial charge in [-0.25, -0.2) is 13.9 Å². The largest absolute Gasteiger partial charge is 0.458 e. The SMILES string of the molecule is CC(C)C(OC(=O)Cc1cccc2ccccc12)C1CC(c2ccc(-c3ccc(N4C[C@H](Cn5ccnn5)OC4=O)cc3F)cn2)=NO1. The standard InChI is InChI=1S/C36H33FN6O5/c1-22(2)35(47-34(44)16-24-8-5-7-23-6-3-4-9-28(23)24)33-18-32(40-48-33)31-13-10-25(19-38-31)29-12-11-26(17-30(29)37)43-21-27(46-36(43)45)20-42-15-14-39-41-42/h3-15,17,19,22,27,33,35H,16,18,20-21H2,1-2H3/t27-,33?,35?/m0/s1. The molecule has 0 saturated carbocycles. The summed E-state index contributed by atoms with van der Waals surface area (Å²) in [6.45, 7) is 4.58. The van der Waals surface area contributed by atoms with Gasteiger partial charge in [0.15, 0.2) is 6.10 Å². The maximum Gasteiger partial charge on any atom is 0.414 e. The minimum atomic E-state index is -0.546. The first kappa shape index (κ1) is 31.0. The molecule has 2 aliphatic heterocycles. The van der Waals surface area contributed by atoms with Crippen molar-refractivity contribution in [3.63, 3.8) is 0 Å². The fraction of sp³-hybridized carbons (Fsp3) is 0.278. The number of cyclic esters (lactones) is 1. The summed E-state index contributed by atoms with van der Waals surface area (Å²) in [5.41, 5.74) is 3.41. The summed E-state index contributed by atoms with van der Waals surface area (Å²) < 4.78 is 28.3. The lowest BCUT2D eigenvalue weighted by molar-refractivity contribution is -0.159. The molecule has 48 heavy (non-hydrogen) atoms. The quantitative estimate of drug-likeness (QED) is 0.170. The zero-order valence-electron chi connectivity index (χ0n) is 26.4. The average Bonchev–Trinajstić information content (AvgIpc) is 3.86. The molecule has 1 fully saturated rings. The number of hydrogen-bond acceptors (Lipinski definition) is 9. The Morgan fingerprint density at radius 2 is 1.94 bits per heavy atom. The van der Waals surface area contributed by atoms with E-state index in [-0.39, 0.29) is 24.9 Å². The van der Waals surface area contributed by atoms with Gasteiger partial charge < -0.3 is 14.3 Å². The lowest BCUT2D eigenvalue weighted by Gasteiger charge is -2.25. The summed E-state index contributed by atoms with van der Waals surface area (Å²) in [5.74, 6) is -0.837. The van der Waals surface area contributed by atoms with Crippen LogP contribution in [0.1, 0.15) is 31.5 Å². The molecular weight excluding hydrogens is 615 g/mol. The minimum Gasteiger partial charge on any atom is -0.458 e. The second-order valence-corrected chi connectivity index (χ2v) is 12.2. The molecule has 2 aliphatic rings. The van der Waals surface area contributed by atoms with Crippen LogP contribution in [0.5, 0.6) is 0 Å². The van der Waals surface area contributed by atoms with E-state index in [0.717, 1.165) is 16.3 Å². The van der Waals surface area contributed by atoms with Gasteiger partial charge in [0.2, 0.25) is 0 Å². The Labute approximate surface area is 275 Å². The smallest absolute Gasteiger partial charge is 0.414 e. The maximum atomic E-state index is 15.3. The number of rotatable bonds is 10. The number of ether oxygens (including phenoxy) is 2. The predicted octanol–water partition coefficient (Wildman–Crippen LogP) is 5.96. The number of aromatic nitrogens is 4. The Morgan fingerprint density at radius 1 is 1.08 bits per heavy atom. The Morgan fingerprint density at radius 3 is 2.71 bits per heavy atom. The van der Waals surface area contributed by atoms with Crippen molar-refractivity contribution in [3.05, 3.63) is 108 Å². The van der Waals surface area contributed by atoms with Gasteiger partial charge in [0.05, 0.1) is 37.1 Å². The summed E-state index contributed by atoms with van der Waals surface area (Å²) in [4.78, 5) is 37.3. The zero-order chi connectivity index (χ0) is 33.2. The van der Waals surface area contributed by atoms with Crippen LogP contribution in [0.15, 0.2) is 96.5 Å². The second-order valence-electron chi connectivity index (χ2n) is 12.2. The summed E-state index contributed by atoms with van der Waals surface area (Å²) in [6, 6.07) is 22.0. The third-order valence-electron chi connectivity index (χ3n) is 8.57. The van der Waals surface area contributed by atoms with Gasteiger partial charge in [-0.2, -0.15) is 0 Å². The molecule has 3 aromatic carbocycles. The van der Waals surface area contributed by atoms with Crippen LogP contribution in [0.2, 0.25) is 0 Å². The number of anilines is 1. The molecule has 7 rings (SSSR count). The minimum absolute atomic E-state index is 0.00991. The fourth-order valence-electron chi connectivity index (χ4n) is 6.16. The molecule has 244 valence electrons. The van der Waals surface area contributed by atoms with Crippen LogP contribution in [-0.4, -0.2) is 62.6 Å². The maximum absolute atomic E-state index is 15.3. The van der Waals surface area contributed by atoms with E-state index >= 15 is 4.39 Å². The summed E-state index contributed by atoms with van der Waals surface area (Å²) in [7, 11) is 0. The first-order valence-corrected chi connectivity index (χ1v) is 15.8. The Kier molecular flexibility index (Phi) is 8.53. The van der Waals surface area contributed by atoms with Gasteiger partial charge >= 0.3 is 12.1 Å². The van der Waals surface area contributed by atoms with Crippen molar-refractivity contribution >= 4 is 34.2 Å². The van der Waals surface area contributed by atoms with Gasteiger partial charge in [0.25, 0.3) is 0 Å². The van der Waals surface area contributed by atoms with Crippen LogP contribution in [0.4, 0.5) is 14.9 Å². The Hall–Kier alpha value is -5.65. The molecule has 0 N–H and O–H groups in total. The molecule has 2 unspecified atom stereocenters. The number of hydrogen-bond donors (Lipinski definition) is 0. The third kappa shape index (κ3) is 6.46. The second kappa shape index (κ2) is 13.2. The number of esters is 1. The molecule has 3 atom stereocenters. The molecule has 1 saturated heterocycles. The number of pyridine rings is 1. The number of carbonyl (C=O) groups is 2. The summed E-state index contributed by atoms with van der Waals surface area (Å²) in [6.07, 6.45) is 3.42. The van der Waals surface area contributed by atoms with Crippen LogP contribution < -0.4 is 4.90 Å². The number of nitrogens with zero attached hydrogens (tertiary/aromatic N) is 6. The van der Waals surface area contributed by atoms with E-state index < -0.39 is 30.2 Å². The van der Waals surface area contributed by atoms with E-state index in [0.29, 0.717) is 41.2 Å². The van der Waals surface area contributed by atoms with Crippen LogP contribution in [0.3, 0.4) is 0 Å². The Bertz CT molecular complexity index is 1980. The van der Waals surface area contributed by atoms with Gasteiger partial charge in [-0.15, -0.1) is 5.10 Å². The van der Waals surface area contributed by atoms with Crippen molar-refractivity contribution in [3.8, 4) is 11.1 Å². The fourth-order valence-corrected chi connectivity index (χ4v) is 6.16. The van der Waals surface area contributed by atoms with Gasteiger partial charge in [-0.05, 0) is 46.5 Å². The molecule has 0 radical (unpaired) electrons. The molecule has 0 aliphatic carbocycles. The van der Waals surface area contributed by atoms with E-state index in [9.17, 15) is 9.59 Å². The van der Waals surface area contributed by atoms with E-state index in [1.807, 2.05) is 56.3 Å². The molecular formula is C36H33FN6O5. The Balaban J connectivity index is 0.977. The van der Waals surface area contributed by atoms with E-state index in [4.69, 9.17) is 14.3 Å². The lowest BCUT2D eigenvalue weighted by Crippen LogP contribution is -2.36. The first-order chi connectivity index (χ1) is 23.3. The van der Waals surface area contributed by atoms with Crippen molar-refractivity contribution in [1.82, 2.24) is 20.0 Å². The third-order valence-corrected chi connectivity index (χ3v) is 8.57. The van der Waals surface area contributed by atoms with E-state index in [1.54, 1.807) is 47.5 Å². The highest BCUT2D eigenvalue weighted by atomic mass is 19.1. The van der Waals surface area contributed by atoms with Crippen LogP contribution in [-0.2, 0) is 32.1 Å². The number of halogens is 1. The molecule has 0 spiro atoms. The number of amides is 1.